The third kappa shape index (κ3) is 6.09. The van der Waals surface area contributed by atoms with Gasteiger partial charge in [0.05, 0.1) is 17.3 Å². The molecule has 0 bridgehead atoms. The summed E-state index contributed by atoms with van der Waals surface area (Å²) in [5.41, 5.74) is -1.41. The molecule has 1 heterocycles. The first kappa shape index (κ1) is 21.4. The fraction of sp³-hybridized carbons (Fsp3) is 0.368. The van der Waals surface area contributed by atoms with Crippen molar-refractivity contribution in [2.75, 3.05) is 19.0 Å². The highest BCUT2D eigenvalue weighted by molar-refractivity contribution is 7.91. The van der Waals surface area contributed by atoms with Gasteiger partial charge in [0.1, 0.15) is 22.8 Å². The van der Waals surface area contributed by atoms with Crippen LogP contribution in [-0.4, -0.2) is 44.5 Å². The molecule has 1 aliphatic rings. The van der Waals surface area contributed by atoms with Crippen molar-refractivity contribution in [1.82, 2.24) is 0 Å². The van der Waals surface area contributed by atoms with E-state index < -0.39 is 27.6 Å². The van der Waals surface area contributed by atoms with Gasteiger partial charge in [-0.3, -0.25) is 0 Å². The molecule has 1 aliphatic heterocycles. The smallest absolute Gasteiger partial charge is 0.457 e. The van der Waals surface area contributed by atoms with Crippen molar-refractivity contribution in [3.05, 3.63) is 48.5 Å². The summed E-state index contributed by atoms with van der Waals surface area (Å²) in [5.74, 6) is -0.270. The fourth-order valence-corrected chi connectivity index (χ4v) is 4.60. The lowest BCUT2D eigenvalue weighted by Gasteiger charge is -2.31. The molecule has 6 nitrogen and oxygen atoms in total. The predicted octanol–water partition coefficient (Wildman–Crippen LogP) is 3.69. The van der Waals surface area contributed by atoms with Gasteiger partial charge in [0.25, 0.3) is 0 Å². The van der Waals surface area contributed by atoms with Crippen molar-refractivity contribution in [2.45, 2.75) is 29.7 Å². The fourth-order valence-electron chi connectivity index (χ4n) is 2.95. The van der Waals surface area contributed by atoms with E-state index in [2.05, 4.69) is 4.74 Å². The second-order valence-corrected chi connectivity index (χ2v) is 8.72. The third-order valence-electron chi connectivity index (χ3n) is 4.24. The second-order valence-electron chi connectivity index (χ2n) is 6.73. The van der Waals surface area contributed by atoms with Crippen LogP contribution in [0.3, 0.4) is 0 Å². The van der Waals surface area contributed by atoms with E-state index in [9.17, 15) is 26.7 Å². The molecular formula is C19H19F3O6S. The van der Waals surface area contributed by atoms with Crippen LogP contribution < -0.4 is 9.47 Å². The Balaban J connectivity index is 1.65. The van der Waals surface area contributed by atoms with Crippen molar-refractivity contribution in [3.8, 4) is 17.2 Å². The first-order chi connectivity index (χ1) is 13.5. The molecular weight excluding hydrogens is 413 g/mol. The Bertz CT molecular complexity index is 918. The summed E-state index contributed by atoms with van der Waals surface area (Å²) in [7, 11) is -3.74. The molecule has 0 saturated carbocycles. The zero-order valence-electron chi connectivity index (χ0n) is 15.2. The topological polar surface area (TPSA) is 82.1 Å². The Labute approximate surface area is 165 Å². The molecule has 10 heteroatoms. The van der Waals surface area contributed by atoms with Crippen LogP contribution in [0.25, 0.3) is 0 Å². The Morgan fingerprint density at radius 1 is 1.00 bits per heavy atom. The van der Waals surface area contributed by atoms with Gasteiger partial charge in [0, 0.05) is 6.61 Å². The van der Waals surface area contributed by atoms with Crippen LogP contribution >= 0.6 is 0 Å². The molecule has 0 aromatic heterocycles. The number of aliphatic hydroxyl groups is 1. The molecule has 0 aliphatic carbocycles. The van der Waals surface area contributed by atoms with E-state index in [0.717, 1.165) is 12.1 Å². The molecule has 1 saturated heterocycles. The maximum Gasteiger partial charge on any atom is 0.573 e. The SMILES string of the molecule is O=S(=O)(CC1(O)CCCOC1)c1ccc(Oc2ccc(OC(F)(F)F)cc2)cc1. The predicted molar refractivity (Wildman–Crippen MR) is 96.7 cm³/mol. The maximum absolute atomic E-state index is 12.6. The average Bonchev–Trinajstić information content (AvgIpc) is 2.62. The number of hydrogen-bond acceptors (Lipinski definition) is 6. The second kappa shape index (κ2) is 8.21. The summed E-state index contributed by atoms with van der Waals surface area (Å²) in [6, 6.07) is 10.3. The molecule has 0 spiro atoms. The van der Waals surface area contributed by atoms with Crippen LogP contribution in [0.1, 0.15) is 12.8 Å². The van der Waals surface area contributed by atoms with Gasteiger partial charge in [-0.05, 0) is 61.4 Å². The molecule has 3 rings (SSSR count). The van der Waals surface area contributed by atoms with Gasteiger partial charge in [-0.15, -0.1) is 13.2 Å². The highest BCUT2D eigenvalue weighted by Crippen LogP contribution is 2.29. The lowest BCUT2D eigenvalue weighted by atomic mass is 9.99. The Morgan fingerprint density at radius 3 is 2.07 bits per heavy atom. The standard InChI is InChI=1S/C19H19F3O6S/c20-19(21,22)28-16-4-2-14(3-5-16)27-15-6-8-17(9-7-15)29(24,25)13-18(23)10-1-11-26-12-18/h2-9,23H,1,10-13H2. The molecule has 2 aromatic carbocycles. The van der Waals surface area contributed by atoms with Gasteiger partial charge in [-0.25, -0.2) is 8.42 Å². The monoisotopic (exact) mass is 432 g/mol. The normalized spacial score (nSPS) is 20.3. The molecule has 29 heavy (non-hydrogen) atoms. The number of alkyl halides is 3. The highest BCUT2D eigenvalue weighted by Gasteiger charge is 2.36. The van der Waals surface area contributed by atoms with Crippen LogP contribution in [0.5, 0.6) is 17.2 Å². The molecule has 1 N–H and O–H groups in total. The van der Waals surface area contributed by atoms with E-state index in [4.69, 9.17) is 9.47 Å². The molecule has 1 unspecified atom stereocenters. The van der Waals surface area contributed by atoms with Crippen LogP contribution in [0.4, 0.5) is 13.2 Å². The van der Waals surface area contributed by atoms with E-state index in [-0.39, 0.29) is 23.0 Å². The Kier molecular flexibility index (Phi) is 6.06. The van der Waals surface area contributed by atoms with Gasteiger partial charge in [-0.1, -0.05) is 0 Å². The summed E-state index contributed by atoms with van der Waals surface area (Å²) >= 11 is 0. The van der Waals surface area contributed by atoms with Crippen LogP contribution in [-0.2, 0) is 14.6 Å². The lowest BCUT2D eigenvalue weighted by molar-refractivity contribution is -0.274. The summed E-state index contributed by atoms with van der Waals surface area (Å²) in [4.78, 5) is 0.0257. The van der Waals surface area contributed by atoms with E-state index in [1.54, 1.807) is 0 Å². The average molecular weight is 432 g/mol. The van der Waals surface area contributed by atoms with Gasteiger partial charge in [0.15, 0.2) is 9.84 Å². The van der Waals surface area contributed by atoms with E-state index in [1.165, 1.54) is 36.4 Å². The van der Waals surface area contributed by atoms with Gasteiger partial charge >= 0.3 is 6.36 Å². The molecule has 2 aromatic rings. The highest BCUT2D eigenvalue weighted by atomic mass is 32.2. The number of rotatable bonds is 6. The Hall–Kier alpha value is -2.30. The minimum Gasteiger partial charge on any atom is -0.457 e. The first-order valence-corrected chi connectivity index (χ1v) is 10.4. The minimum absolute atomic E-state index is 0.0257. The van der Waals surface area contributed by atoms with Crippen molar-refractivity contribution in [3.63, 3.8) is 0 Å². The molecule has 1 fully saturated rings. The van der Waals surface area contributed by atoms with Crippen LogP contribution in [0.15, 0.2) is 53.4 Å². The number of sulfone groups is 1. The van der Waals surface area contributed by atoms with Crippen LogP contribution in [0, 0.1) is 0 Å². The molecule has 158 valence electrons. The number of halogens is 3. The maximum atomic E-state index is 12.6. The minimum atomic E-state index is -4.78. The first-order valence-electron chi connectivity index (χ1n) is 8.71. The van der Waals surface area contributed by atoms with E-state index in [0.29, 0.717) is 25.2 Å². The zero-order valence-corrected chi connectivity index (χ0v) is 16.0. The number of benzene rings is 2. The van der Waals surface area contributed by atoms with Crippen LogP contribution in [0.2, 0.25) is 0 Å². The van der Waals surface area contributed by atoms with Gasteiger partial charge in [0.2, 0.25) is 0 Å². The third-order valence-corrected chi connectivity index (χ3v) is 6.14. The van der Waals surface area contributed by atoms with Crippen molar-refractivity contribution >= 4 is 9.84 Å². The summed E-state index contributed by atoms with van der Waals surface area (Å²) in [6.45, 7) is 0.471. The van der Waals surface area contributed by atoms with Crippen molar-refractivity contribution in [2.24, 2.45) is 0 Å². The zero-order chi connectivity index (χ0) is 21.1. The molecule has 0 amide bonds. The van der Waals surface area contributed by atoms with Gasteiger partial charge < -0.3 is 19.3 Å². The molecule has 0 radical (unpaired) electrons. The Morgan fingerprint density at radius 2 is 1.55 bits per heavy atom. The van der Waals surface area contributed by atoms with E-state index in [1.807, 2.05) is 0 Å². The summed E-state index contributed by atoms with van der Waals surface area (Å²) < 4.78 is 76.1. The quantitative estimate of drug-likeness (QED) is 0.750. The number of hydrogen-bond donors (Lipinski definition) is 1. The van der Waals surface area contributed by atoms with Crippen molar-refractivity contribution < 1.29 is 40.9 Å². The summed E-state index contributed by atoms with van der Waals surface area (Å²) in [5, 5.41) is 10.4. The van der Waals surface area contributed by atoms with Gasteiger partial charge in [-0.2, -0.15) is 0 Å². The van der Waals surface area contributed by atoms with Crippen molar-refractivity contribution in [1.29, 1.82) is 0 Å². The number of ether oxygens (including phenoxy) is 3. The lowest BCUT2D eigenvalue weighted by Crippen LogP contribution is -2.44. The largest absolute Gasteiger partial charge is 0.573 e. The van der Waals surface area contributed by atoms with E-state index >= 15 is 0 Å². The molecule has 1 atom stereocenters. The summed E-state index contributed by atoms with van der Waals surface area (Å²) in [6.07, 6.45) is -3.84.